The van der Waals surface area contributed by atoms with Crippen molar-refractivity contribution in [2.45, 2.75) is 33.3 Å². The van der Waals surface area contributed by atoms with Gasteiger partial charge in [-0.05, 0) is 56.2 Å². The van der Waals surface area contributed by atoms with Gasteiger partial charge in [0, 0.05) is 12.1 Å². The Morgan fingerprint density at radius 1 is 1.06 bits per heavy atom. The third kappa shape index (κ3) is 7.40. The molecule has 0 fully saturated rings. The maximum absolute atomic E-state index is 13.6. The summed E-state index contributed by atoms with van der Waals surface area (Å²) in [6, 6.07) is 7.97. The van der Waals surface area contributed by atoms with Crippen molar-refractivity contribution in [2.75, 3.05) is 18.5 Å². The molecule has 1 amide bonds. The molecule has 1 N–H and O–H groups in total. The number of esters is 1. The molecule has 0 bridgehead atoms. The van der Waals surface area contributed by atoms with Crippen LogP contribution in [0.15, 0.2) is 42.5 Å². The van der Waals surface area contributed by atoms with E-state index in [1.165, 1.54) is 19.1 Å². The molecule has 2 aromatic carbocycles. The fourth-order valence-corrected chi connectivity index (χ4v) is 2.48. The zero-order chi connectivity index (χ0) is 22.8. The predicted molar refractivity (Wildman–Crippen MR) is 113 cm³/mol. The van der Waals surface area contributed by atoms with Gasteiger partial charge in [0.25, 0.3) is 5.91 Å². The fourth-order valence-electron chi connectivity index (χ4n) is 2.48. The van der Waals surface area contributed by atoms with Gasteiger partial charge >= 0.3 is 5.97 Å². The summed E-state index contributed by atoms with van der Waals surface area (Å²) in [5.74, 6) is -2.03. The first-order valence-corrected chi connectivity index (χ1v) is 9.88. The first-order chi connectivity index (χ1) is 14.8. The molecule has 0 aliphatic rings. The largest absolute Gasteiger partial charge is 0.490 e. The summed E-state index contributed by atoms with van der Waals surface area (Å²) in [7, 11) is 0. The summed E-state index contributed by atoms with van der Waals surface area (Å²) >= 11 is 0. The number of ether oxygens (including phenoxy) is 3. The molecule has 1 unspecified atom stereocenters. The molecule has 2 aromatic rings. The number of carbonyl (C=O) groups excluding carboxylic acids is 2. The Bertz CT molecular complexity index is 946. The highest BCUT2D eigenvalue weighted by Crippen LogP contribution is 2.29. The van der Waals surface area contributed by atoms with Crippen LogP contribution >= 0.6 is 0 Å². The Morgan fingerprint density at radius 2 is 1.84 bits per heavy atom. The van der Waals surface area contributed by atoms with Crippen LogP contribution in [0.4, 0.5) is 14.5 Å². The summed E-state index contributed by atoms with van der Waals surface area (Å²) in [5, 5.41) is 2.25. The third-order valence-electron chi connectivity index (χ3n) is 3.99. The van der Waals surface area contributed by atoms with Crippen molar-refractivity contribution in [1.82, 2.24) is 0 Å². The van der Waals surface area contributed by atoms with Crippen molar-refractivity contribution in [3.63, 3.8) is 0 Å². The molecule has 0 aromatic heterocycles. The van der Waals surface area contributed by atoms with Crippen LogP contribution in [-0.2, 0) is 14.3 Å². The van der Waals surface area contributed by atoms with E-state index in [9.17, 15) is 18.4 Å². The molecule has 0 saturated carbocycles. The van der Waals surface area contributed by atoms with E-state index in [1.54, 1.807) is 18.2 Å². The minimum Gasteiger partial charge on any atom is -0.490 e. The molecule has 166 valence electrons. The molecule has 0 saturated heterocycles. The molecule has 6 nitrogen and oxygen atoms in total. The van der Waals surface area contributed by atoms with Crippen molar-refractivity contribution >= 4 is 23.6 Å². The lowest BCUT2D eigenvalue weighted by Gasteiger charge is -2.13. The summed E-state index contributed by atoms with van der Waals surface area (Å²) in [6.45, 7) is 6.21. The van der Waals surface area contributed by atoms with Crippen LogP contribution in [0.2, 0.25) is 0 Å². The van der Waals surface area contributed by atoms with E-state index in [1.807, 2.05) is 13.8 Å². The lowest BCUT2D eigenvalue weighted by molar-refractivity contribution is -0.148. The molecule has 1 atom stereocenters. The van der Waals surface area contributed by atoms with Gasteiger partial charge in [-0.1, -0.05) is 13.0 Å². The number of carbonyl (C=O) groups is 2. The molecule has 0 aliphatic carbocycles. The highest BCUT2D eigenvalue weighted by molar-refractivity contribution is 5.96. The molecule has 0 aliphatic heterocycles. The van der Waals surface area contributed by atoms with Crippen molar-refractivity contribution in [3.8, 4) is 11.5 Å². The maximum Gasteiger partial charge on any atom is 0.331 e. The van der Waals surface area contributed by atoms with Crippen LogP contribution in [0.5, 0.6) is 11.5 Å². The number of rotatable bonds is 10. The van der Waals surface area contributed by atoms with Crippen molar-refractivity contribution in [1.29, 1.82) is 0 Å². The minimum atomic E-state index is -1.19. The van der Waals surface area contributed by atoms with Gasteiger partial charge in [0.05, 0.1) is 18.9 Å². The minimum absolute atomic E-state index is 0.210. The molecule has 0 radical (unpaired) electrons. The topological polar surface area (TPSA) is 73.9 Å². The van der Waals surface area contributed by atoms with Gasteiger partial charge in [-0.25, -0.2) is 13.6 Å². The Balaban J connectivity index is 1.97. The second-order valence-electron chi connectivity index (χ2n) is 6.51. The van der Waals surface area contributed by atoms with Crippen LogP contribution in [0, 0.1) is 11.6 Å². The lowest BCUT2D eigenvalue weighted by atomic mass is 10.2. The van der Waals surface area contributed by atoms with Crippen LogP contribution < -0.4 is 14.8 Å². The molecule has 2 rings (SSSR count). The molecular weight excluding hydrogens is 408 g/mol. The van der Waals surface area contributed by atoms with Gasteiger partial charge in [0.2, 0.25) is 0 Å². The number of hydrogen-bond donors (Lipinski definition) is 1. The standard InChI is InChI=1S/C23H25F2NO5/c1-4-12-30-20-10-6-16(13-21(20)29-5-2)7-11-22(27)31-15(3)23(28)26-19-9-8-17(24)14-18(19)25/h6-11,13-15H,4-5,12H2,1-3H3,(H,26,28)/b11-7+. The Morgan fingerprint density at radius 3 is 2.52 bits per heavy atom. The molecular formula is C23H25F2NO5. The van der Waals surface area contributed by atoms with Gasteiger partial charge in [0.15, 0.2) is 17.6 Å². The van der Waals surface area contributed by atoms with Gasteiger partial charge in [0.1, 0.15) is 11.6 Å². The second-order valence-corrected chi connectivity index (χ2v) is 6.51. The number of hydrogen-bond acceptors (Lipinski definition) is 5. The highest BCUT2D eigenvalue weighted by atomic mass is 19.1. The average Bonchev–Trinajstić information content (AvgIpc) is 2.73. The quantitative estimate of drug-likeness (QED) is 0.433. The number of benzene rings is 2. The van der Waals surface area contributed by atoms with Crippen LogP contribution in [-0.4, -0.2) is 31.2 Å². The first-order valence-electron chi connectivity index (χ1n) is 9.88. The van der Waals surface area contributed by atoms with Gasteiger partial charge in [-0.2, -0.15) is 0 Å². The van der Waals surface area contributed by atoms with E-state index in [0.717, 1.165) is 18.6 Å². The Kier molecular flexibility index (Phi) is 8.99. The molecule has 0 spiro atoms. The van der Waals surface area contributed by atoms with Crippen molar-refractivity contribution in [3.05, 3.63) is 59.7 Å². The normalized spacial score (nSPS) is 11.8. The maximum atomic E-state index is 13.6. The number of halogens is 2. The summed E-state index contributed by atoms with van der Waals surface area (Å²) in [4.78, 5) is 24.1. The lowest BCUT2D eigenvalue weighted by Crippen LogP contribution is -2.29. The highest BCUT2D eigenvalue weighted by Gasteiger charge is 2.18. The van der Waals surface area contributed by atoms with Gasteiger partial charge < -0.3 is 19.5 Å². The summed E-state index contributed by atoms with van der Waals surface area (Å²) < 4.78 is 42.8. The Hall–Kier alpha value is -3.42. The SMILES string of the molecule is CCCOc1ccc(/C=C/C(=O)OC(C)C(=O)Nc2ccc(F)cc2F)cc1OCC. The van der Waals surface area contributed by atoms with E-state index in [4.69, 9.17) is 14.2 Å². The molecule has 8 heteroatoms. The first kappa shape index (κ1) is 23.9. The fraction of sp³-hybridized carbons (Fsp3) is 0.304. The zero-order valence-electron chi connectivity index (χ0n) is 17.6. The van der Waals surface area contributed by atoms with E-state index in [2.05, 4.69) is 5.32 Å². The zero-order valence-corrected chi connectivity index (χ0v) is 17.6. The van der Waals surface area contributed by atoms with Gasteiger partial charge in [-0.15, -0.1) is 0 Å². The third-order valence-corrected chi connectivity index (χ3v) is 3.99. The number of amides is 1. The predicted octanol–water partition coefficient (Wildman–Crippen LogP) is 4.74. The monoisotopic (exact) mass is 433 g/mol. The van der Waals surface area contributed by atoms with Crippen molar-refractivity contribution < 1.29 is 32.6 Å². The summed E-state index contributed by atoms with van der Waals surface area (Å²) in [6.07, 6.45) is 2.35. The average molecular weight is 433 g/mol. The molecule has 31 heavy (non-hydrogen) atoms. The number of anilines is 1. The number of nitrogens with one attached hydrogen (secondary N) is 1. The van der Waals surface area contributed by atoms with Crippen molar-refractivity contribution in [2.24, 2.45) is 0 Å². The van der Waals surface area contributed by atoms with E-state index in [-0.39, 0.29) is 5.69 Å². The Labute approximate surface area is 179 Å². The summed E-state index contributed by atoms with van der Waals surface area (Å²) in [5.41, 5.74) is 0.466. The van der Waals surface area contributed by atoms with E-state index < -0.39 is 29.6 Å². The molecule has 0 heterocycles. The van der Waals surface area contributed by atoms with Crippen LogP contribution in [0.1, 0.15) is 32.8 Å². The van der Waals surface area contributed by atoms with Crippen LogP contribution in [0.25, 0.3) is 6.08 Å². The van der Waals surface area contributed by atoms with E-state index in [0.29, 0.717) is 36.3 Å². The smallest absolute Gasteiger partial charge is 0.331 e. The van der Waals surface area contributed by atoms with Crippen LogP contribution in [0.3, 0.4) is 0 Å². The van der Waals surface area contributed by atoms with Gasteiger partial charge in [-0.3, -0.25) is 4.79 Å². The second kappa shape index (κ2) is 11.7. The van der Waals surface area contributed by atoms with E-state index >= 15 is 0 Å².